The van der Waals surface area contributed by atoms with Crippen molar-refractivity contribution in [3.63, 3.8) is 0 Å². The van der Waals surface area contributed by atoms with Gasteiger partial charge in [0, 0.05) is 29.5 Å². The van der Waals surface area contributed by atoms with Crippen LogP contribution in [0.15, 0.2) is 46.9 Å². The Bertz CT molecular complexity index is 1290. The average molecular weight is 500 g/mol. The number of sulfone groups is 1. The van der Waals surface area contributed by atoms with E-state index < -0.39 is 50.3 Å². The molecule has 2 N–H and O–H groups in total. The number of fused-ring (bicyclic) bond motifs is 2. The highest BCUT2D eigenvalue weighted by Crippen LogP contribution is 2.53. The first-order valence-corrected chi connectivity index (χ1v) is 11.8. The predicted molar refractivity (Wildman–Crippen MR) is 113 cm³/mol. The van der Waals surface area contributed by atoms with Crippen LogP contribution in [-0.2, 0) is 14.6 Å². The van der Waals surface area contributed by atoms with Gasteiger partial charge in [-0.3, -0.25) is 4.79 Å². The second-order valence-corrected chi connectivity index (χ2v) is 10.5. The number of amides is 1. The molecule has 0 radical (unpaired) electrons. The van der Waals surface area contributed by atoms with E-state index in [4.69, 9.17) is 16.7 Å². The maximum atomic E-state index is 13.5. The first-order chi connectivity index (χ1) is 15.5. The van der Waals surface area contributed by atoms with E-state index in [1.807, 2.05) is 0 Å². The number of benzene rings is 2. The third kappa shape index (κ3) is 4.24. The van der Waals surface area contributed by atoms with Gasteiger partial charge < -0.3 is 10.4 Å². The van der Waals surface area contributed by atoms with Gasteiger partial charge in [0.05, 0.1) is 15.2 Å². The van der Waals surface area contributed by atoms with Crippen molar-refractivity contribution in [2.45, 2.75) is 29.4 Å². The summed E-state index contributed by atoms with van der Waals surface area (Å²) in [4.78, 5) is 23.4. The van der Waals surface area contributed by atoms with Gasteiger partial charge in [0.2, 0.25) is 0 Å². The highest BCUT2D eigenvalue weighted by molar-refractivity contribution is 7.92. The Morgan fingerprint density at radius 2 is 1.76 bits per heavy atom. The van der Waals surface area contributed by atoms with Crippen LogP contribution in [0.2, 0.25) is 5.02 Å². The molecule has 6 nitrogen and oxygen atoms in total. The molecule has 0 saturated heterocycles. The summed E-state index contributed by atoms with van der Waals surface area (Å²) in [5.41, 5.74) is 0.0699. The minimum Gasteiger partial charge on any atom is -0.478 e. The summed E-state index contributed by atoms with van der Waals surface area (Å²) >= 11 is 6.16. The SMILES string of the molecule is O=C(O)/C=C1/CC2CCC1C2S(=O)(=O)c1cc(C(=O)Nc2cc(F)c(F)c(F)c2)ccc1Cl. The molecule has 4 rings (SSSR count). The van der Waals surface area contributed by atoms with Crippen molar-refractivity contribution < 1.29 is 36.3 Å². The van der Waals surface area contributed by atoms with Crippen molar-refractivity contribution in [3.05, 3.63) is 70.0 Å². The van der Waals surface area contributed by atoms with Gasteiger partial charge >= 0.3 is 5.97 Å². The lowest BCUT2D eigenvalue weighted by Crippen LogP contribution is -2.27. The van der Waals surface area contributed by atoms with E-state index in [-0.39, 0.29) is 27.1 Å². The maximum Gasteiger partial charge on any atom is 0.328 e. The molecule has 3 atom stereocenters. The number of carboxylic acid groups (broad SMARTS) is 1. The fourth-order valence-electron chi connectivity index (χ4n) is 4.75. The first-order valence-electron chi connectivity index (χ1n) is 9.91. The molecule has 2 fully saturated rings. The molecule has 0 aliphatic heterocycles. The van der Waals surface area contributed by atoms with E-state index in [2.05, 4.69) is 5.32 Å². The zero-order valence-corrected chi connectivity index (χ0v) is 18.4. The second kappa shape index (κ2) is 8.49. The van der Waals surface area contributed by atoms with Crippen molar-refractivity contribution in [2.75, 3.05) is 5.32 Å². The van der Waals surface area contributed by atoms with Gasteiger partial charge in [-0.2, -0.15) is 0 Å². The number of nitrogens with one attached hydrogen (secondary N) is 1. The molecule has 2 aliphatic carbocycles. The van der Waals surface area contributed by atoms with Crippen molar-refractivity contribution in [1.82, 2.24) is 0 Å². The van der Waals surface area contributed by atoms with Crippen LogP contribution in [0.5, 0.6) is 0 Å². The molecular formula is C22H17ClF3NO5S. The van der Waals surface area contributed by atoms with E-state index >= 15 is 0 Å². The Morgan fingerprint density at radius 1 is 1.09 bits per heavy atom. The van der Waals surface area contributed by atoms with Crippen molar-refractivity contribution >= 4 is 39.0 Å². The van der Waals surface area contributed by atoms with Gasteiger partial charge in [-0.15, -0.1) is 0 Å². The Kier molecular flexibility index (Phi) is 6.00. The van der Waals surface area contributed by atoms with Crippen LogP contribution in [0.1, 0.15) is 29.6 Å². The summed E-state index contributed by atoms with van der Waals surface area (Å²) < 4.78 is 66.9. The highest BCUT2D eigenvalue weighted by Gasteiger charge is 2.52. The van der Waals surface area contributed by atoms with Crippen molar-refractivity contribution in [3.8, 4) is 0 Å². The molecule has 174 valence electrons. The summed E-state index contributed by atoms with van der Waals surface area (Å²) in [6.07, 6.45) is 2.58. The summed E-state index contributed by atoms with van der Waals surface area (Å²) in [6.45, 7) is 0. The predicted octanol–water partition coefficient (Wildman–Crippen LogP) is 4.59. The topological polar surface area (TPSA) is 101 Å². The second-order valence-electron chi connectivity index (χ2n) is 8.07. The van der Waals surface area contributed by atoms with Gasteiger partial charge in [0.25, 0.3) is 5.91 Å². The van der Waals surface area contributed by atoms with Crippen LogP contribution in [0.25, 0.3) is 0 Å². The molecule has 2 aromatic rings. The number of allylic oxidation sites excluding steroid dienone is 1. The smallest absolute Gasteiger partial charge is 0.328 e. The van der Waals surface area contributed by atoms with Crippen molar-refractivity contribution in [2.24, 2.45) is 11.8 Å². The van der Waals surface area contributed by atoms with Crippen molar-refractivity contribution in [1.29, 1.82) is 0 Å². The number of anilines is 1. The van der Waals surface area contributed by atoms with E-state index in [0.717, 1.165) is 12.1 Å². The molecule has 0 aromatic heterocycles. The summed E-state index contributed by atoms with van der Waals surface area (Å²) in [5.74, 6) is -7.40. The number of carbonyl (C=O) groups is 2. The molecule has 3 unspecified atom stereocenters. The Morgan fingerprint density at radius 3 is 2.39 bits per heavy atom. The number of aliphatic carboxylic acids is 1. The zero-order valence-electron chi connectivity index (χ0n) is 16.8. The largest absolute Gasteiger partial charge is 0.478 e. The zero-order chi connectivity index (χ0) is 24.1. The first kappa shape index (κ1) is 23.3. The molecule has 2 bridgehead atoms. The van der Waals surface area contributed by atoms with E-state index in [9.17, 15) is 31.2 Å². The fourth-order valence-corrected chi connectivity index (χ4v) is 7.60. The number of rotatable bonds is 5. The quantitative estimate of drug-likeness (QED) is 0.463. The van der Waals surface area contributed by atoms with E-state index in [1.54, 1.807) is 0 Å². The molecule has 0 heterocycles. The molecule has 2 aliphatic rings. The fraction of sp³-hybridized carbons (Fsp3) is 0.273. The lowest BCUT2D eigenvalue weighted by atomic mass is 9.95. The molecule has 33 heavy (non-hydrogen) atoms. The summed E-state index contributed by atoms with van der Waals surface area (Å²) in [7, 11) is -4.04. The molecule has 2 saturated carbocycles. The van der Waals surface area contributed by atoms with Crippen LogP contribution in [0, 0.1) is 29.3 Å². The Hall–Kier alpha value is -2.85. The molecule has 11 heteroatoms. The van der Waals surface area contributed by atoms with Gasteiger partial charge in [-0.1, -0.05) is 17.2 Å². The van der Waals surface area contributed by atoms with Crippen LogP contribution < -0.4 is 5.32 Å². The number of hydrogen-bond donors (Lipinski definition) is 2. The van der Waals surface area contributed by atoms with Gasteiger partial charge in [0.1, 0.15) is 0 Å². The molecule has 2 aromatic carbocycles. The molecule has 1 amide bonds. The number of carbonyl (C=O) groups excluding carboxylic acids is 1. The monoisotopic (exact) mass is 499 g/mol. The summed E-state index contributed by atoms with van der Waals surface area (Å²) in [5, 5.41) is 10.3. The van der Waals surface area contributed by atoms with Crippen LogP contribution >= 0.6 is 11.6 Å². The third-order valence-corrected chi connectivity index (χ3v) is 8.92. The van der Waals surface area contributed by atoms with Gasteiger partial charge in [-0.25, -0.2) is 26.4 Å². The Labute approximate surface area is 192 Å². The third-order valence-electron chi connectivity index (χ3n) is 6.09. The van der Waals surface area contributed by atoms with E-state index in [1.165, 1.54) is 12.1 Å². The molecular weight excluding hydrogens is 483 g/mol. The lowest BCUT2D eigenvalue weighted by Gasteiger charge is -2.18. The van der Waals surface area contributed by atoms with Gasteiger partial charge in [0.15, 0.2) is 27.3 Å². The number of carboxylic acids is 1. The standard InChI is InChI=1S/C22H17ClF3NO5S/c23-15-4-2-11(22(30)27-13-8-16(24)20(26)17(25)9-13)6-18(15)33(31,32)21-10-1-3-14(21)12(5-10)7-19(28)29/h2,4,6-10,14,21H,1,3,5H2,(H,27,30)(H,28,29)/b12-7-. The van der Waals surface area contributed by atoms with Crippen LogP contribution in [-0.4, -0.2) is 30.7 Å². The summed E-state index contributed by atoms with van der Waals surface area (Å²) in [6, 6.07) is 4.72. The number of halogens is 4. The average Bonchev–Trinajstić information content (AvgIpc) is 3.30. The van der Waals surface area contributed by atoms with Crippen LogP contribution in [0.4, 0.5) is 18.9 Å². The molecule has 0 spiro atoms. The minimum absolute atomic E-state index is 0.111. The minimum atomic E-state index is -4.04. The lowest BCUT2D eigenvalue weighted by molar-refractivity contribution is -0.131. The highest BCUT2D eigenvalue weighted by atomic mass is 35.5. The normalized spacial score (nSPS) is 23.2. The van der Waals surface area contributed by atoms with E-state index in [0.29, 0.717) is 37.0 Å². The number of hydrogen-bond acceptors (Lipinski definition) is 4. The maximum absolute atomic E-state index is 13.5. The van der Waals surface area contributed by atoms with Crippen LogP contribution in [0.3, 0.4) is 0 Å². The Balaban J connectivity index is 1.65. The van der Waals surface area contributed by atoms with Gasteiger partial charge in [-0.05, 0) is 49.3 Å².